The normalized spacial score (nSPS) is 11.9. The second kappa shape index (κ2) is 8.87. The first kappa shape index (κ1) is 20.4. The number of hydrogen-bond acceptors (Lipinski definition) is 3. The molecule has 0 saturated carbocycles. The number of pyridine rings is 1. The van der Waals surface area contributed by atoms with Gasteiger partial charge in [-0.15, -0.1) is 0 Å². The van der Waals surface area contributed by atoms with Crippen molar-refractivity contribution in [1.82, 2.24) is 15.3 Å². The second-order valence-corrected chi connectivity index (χ2v) is 7.33. The van der Waals surface area contributed by atoms with Crippen molar-refractivity contribution in [3.8, 4) is 5.75 Å². The number of benzene rings is 2. The molecule has 0 radical (unpaired) electrons. The molecule has 2 aromatic carbocycles. The van der Waals surface area contributed by atoms with Gasteiger partial charge in [0.1, 0.15) is 5.82 Å². The highest BCUT2D eigenvalue weighted by Crippen LogP contribution is 2.30. The minimum absolute atomic E-state index is 0.0902. The highest BCUT2D eigenvalue weighted by Gasteiger charge is 2.19. The number of para-hydroxylation sites is 1. The highest BCUT2D eigenvalue weighted by molar-refractivity contribution is 5.84. The Bertz CT molecular complexity index is 1260. The summed E-state index contributed by atoms with van der Waals surface area (Å²) in [5, 5.41) is 3.90. The second-order valence-electron chi connectivity index (χ2n) is 7.33. The summed E-state index contributed by atoms with van der Waals surface area (Å²) < 4.78 is 18.8. The SMILES string of the molecule is Cc1cc(=O)c(OCC(=O)NC[C@H](c2ccc(F)cc2)c2c[nH]c3ccccc23)c[nH]1. The van der Waals surface area contributed by atoms with E-state index < -0.39 is 0 Å². The highest BCUT2D eigenvalue weighted by atomic mass is 19.1. The van der Waals surface area contributed by atoms with Crippen molar-refractivity contribution in [2.24, 2.45) is 0 Å². The molecular weight excluding hydrogens is 397 g/mol. The predicted molar refractivity (Wildman–Crippen MR) is 117 cm³/mol. The van der Waals surface area contributed by atoms with E-state index in [1.54, 1.807) is 19.1 Å². The molecule has 0 spiro atoms. The van der Waals surface area contributed by atoms with Crippen LogP contribution in [-0.2, 0) is 4.79 Å². The standard InChI is InChI=1S/C24H22FN3O3/c1-15-10-22(29)23(13-26-15)31-14-24(30)28-11-19(16-6-8-17(25)9-7-16)20-12-27-21-5-3-2-4-18(20)21/h2-10,12-13,19,27H,11,14H2,1H3,(H,26,29)(H,28,30)/t19-/m1/s1. The molecule has 0 saturated heterocycles. The number of fused-ring (bicyclic) bond motifs is 1. The Balaban J connectivity index is 1.50. The Morgan fingerprint density at radius 3 is 2.65 bits per heavy atom. The fourth-order valence-corrected chi connectivity index (χ4v) is 3.57. The van der Waals surface area contributed by atoms with Crippen molar-refractivity contribution < 1.29 is 13.9 Å². The van der Waals surface area contributed by atoms with Crippen molar-refractivity contribution in [3.63, 3.8) is 0 Å². The Kier molecular flexibility index (Phi) is 5.84. The lowest BCUT2D eigenvalue weighted by atomic mass is 9.91. The largest absolute Gasteiger partial charge is 0.478 e. The molecule has 7 heteroatoms. The number of aromatic nitrogens is 2. The van der Waals surface area contributed by atoms with Crippen LogP contribution in [0.1, 0.15) is 22.7 Å². The van der Waals surface area contributed by atoms with Gasteiger partial charge in [-0.2, -0.15) is 0 Å². The number of amides is 1. The van der Waals surface area contributed by atoms with Crippen LogP contribution in [-0.4, -0.2) is 29.0 Å². The van der Waals surface area contributed by atoms with E-state index in [0.717, 1.165) is 22.0 Å². The summed E-state index contributed by atoms with van der Waals surface area (Å²) in [5.74, 6) is -0.773. The molecule has 31 heavy (non-hydrogen) atoms. The summed E-state index contributed by atoms with van der Waals surface area (Å²) in [7, 11) is 0. The molecule has 4 aromatic rings. The molecule has 0 unspecified atom stereocenters. The van der Waals surface area contributed by atoms with Gasteiger partial charge in [0.05, 0.1) is 0 Å². The topological polar surface area (TPSA) is 87.0 Å². The van der Waals surface area contributed by atoms with E-state index in [1.807, 2.05) is 30.5 Å². The summed E-state index contributed by atoms with van der Waals surface area (Å²) in [6.45, 7) is 1.77. The zero-order valence-electron chi connectivity index (χ0n) is 16.9. The maximum atomic E-state index is 13.5. The molecule has 1 amide bonds. The molecule has 0 aliphatic rings. The number of rotatable bonds is 7. The average molecular weight is 419 g/mol. The Hall–Kier alpha value is -3.87. The monoisotopic (exact) mass is 419 g/mol. The van der Waals surface area contributed by atoms with Crippen LogP contribution >= 0.6 is 0 Å². The maximum Gasteiger partial charge on any atom is 0.257 e. The Morgan fingerprint density at radius 1 is 1.10 bits per heavy atom. The van der Waals surface area contributed by atoms with Gasteiger partial charge >= 0.3 is 0 Å². The van der Waals surface area contributed by atoms with Crippen molar-refractivity contribution in [2.75, 3.05) is 13.2 Å². The predicted octanol–water partition coefficient (Wildman–Crippen LogP) is 3.63. The first-order chi connectivity index (χ1) is 15.0. The van der Waals surface area contributed by atoms with E-state index in [4.69, 9.17) is 4.74 Å². The summed E-state index contributed by atoms with van der Waals surface area (Å²) in [4.78, 5) is 30.4. The lowest BCUT2D eigenvalue weighted by Crippen LogP contribution is -2.33. The number of nitrogens with one attached hydrogen (secondary N) is 3. The summed E-state index contributed by atoms with van der Waals surface area (Å²) in [6.07, 6.45) is 3.35. The molecule has 1 atom stereocenters. The van der Waals surface area contributed by atoms with Gasteiger partial charge in [-0.25, -0.2) is 4.39 Å². The fraction of sp³-hybridized carbons (Fsp3) is 0.167. The van der Waals surface area contributed by atoms with Crippen LogP contribution in [0, 0.1) is 12.7 Å². The van der Waals surface area contributed by atoms with E-state index in [1.165, 1.54) is 24.4 Å². The number of aryl methyl sites for hydroxylation is 1. The smallest absolute Gasteiger partial charge is 0.257 e. The van der Waals surface area contributed by atoms with Crippen molar-refractivity contribution >= 4 is 16.8 Å². The van der Waals surface area contributed by atoms with Crippen molar-refractivity contribution in [1.29, 1.82) is 0 Å². The quantitative estimate of drug-likeness (QED) is 0.428. The number of carbonyl (C=O) groups is 1. The number of aromatic amines is 2. The minimum Gasteiger partial charge on any atom is -0.478 e. The minimum atomic E-state index is -0.355. The number of ether oxygens (including phenoxy) is 1. The van der Waals surface area contributed by atoms with Gasteiger partial charge in [0.25, 0.3) is 5.91 Å². The number of hydrogen-bond donors (Lipinski definition) is 3. The molecule has 6 nitrogen and oxygen atoms in total. The van der Waals surface area contributed by atoms with Crippen LogP contribution in [0.25, 0.3) is 10.9 Å². The molecular formula is C24H22FN3O3. The molecule has 158 valence electrons. The number of H-pyrrole nitrogens is 2. The zero-order chi connectivity index (χ0) is 21.8. The number of carbonyl (C=O) groups excluding carboxylic acids is 1. The van der Waals surface area contributed by atoms with Crippen LogP contribution < -0.4 is 15.5 Å². The third-order valence-electron chi connectivity index (χ3n) is 5.15. The Morgan fingerprint density at radius 2 is 1.87 bits per heavy atom. The molecule has 0 bridgehead atoms. The van der Waals surface area contributed by atoms with Gasteiger partial charge in [0.2, 0.25) is 5.43 Å². The Labute approximate surface area is 178 Å². The summed E-state index contributed by atoms with van der Waals surface area (Å²) in [5.41, 5.74) is 3.29. The fourth-order valence-electron chi connectivity index (χ4n) is 3.57. The third-order valence-corrected chi connectivity index (χ3v) is 5.15. The third kappa shape index (κ3) is 4.66. The van der Waals surface area contributed by atoms with Gasteiger partial charge < -0.3 is 20.0 Å². The summed E-state index contributed by atoms with van der Waals surface area (Å²) in [6, 6.07) is 15.5. The van der Waals surface area contributed by atoms with Gasteiger partial charge in [-0.3, -0.25) is 9.59 Å². The molecule has 2 heterocycles. The van der Waals surface area contributed by atoms with Crippen LogP contribution in [0.2, 0.25) is 0 Å². The van der Waals surface area contributed by atoms with Crippen LogP contribution in [0.5, 0.6) is 5.75 Å². The zero-order valence-corrected chi connectivity index (χ0v) is 16.9. The molecule has 3 N–H and O–H groups in total. The first-order valence-electron chi connectivity index (χ1n) is 9.91. The lowest BCUT2D eigenvalue weighted by Gasteiger charge is -2.18. The van der Waals surface area contributed by atoms with E-state index >= 15 is 0 Å². The molecule has 4 rings (SSSR count). The number of halogens is 1. The molecule has 0 aliphatic heterocycles. The van der Waals surface area contributed by atoms with E-state index in [2.05, 4.69) is 15.3 Å². The van der Waals surface area contributed by atoms with E-state index in [-0.39, 0.29) is 35.4 Å². The first-order valence-corrected chi connectivity index (χ1v) is 9.91. The maximum absolute atomic E-state index is 13.5. The van der Waals surface area contributed by atoms with Crippen LogP contribution in [0.15, 0.2) is 71.8 Å². The van der Waals surface area contributed by atoms with Gasteiger partial charge in [-0.05, 0) is 36.2 Å². The summed E-state index contributed by atoms with van der Waals surface area (Å²) >= 11 is 0. The molecule has 0 aliphatic carbocycles. The van der Waals surface area contributed by atoms with Crippen LogP contribution in [0.4, 0.5) is 4.39 Å². The van der Waals surface area contributed by atoms with Gasteiger partial charge in [-0.1, -0.05) is 30.3 Å². The van der Waals surface area contributed by atoms with E-state index in [9.17, 15) is 14.0 Å². The molecule has 2 aromatic heterocycles. The van der Waals surface area contributed by atoms with Crippen LogP contribution in [0.3, 0.4) is 0 Å². The van der Waals surface area contributed by atoms with Crippen molar-refractivity contribution in [3.05, 3.63) is 99.9 Å². The van der Waals surface area contributed by atoms with Gasteiger partial charge in [0, 0.05) is 47.5 Å². The molecule has 0 fully saturated rings. The van der Waals surface area contributed by atoms with E-state index in [0.29, 0.717) is 12.2 Å². The lowest BCUT2D eigenvalue weighted by molar-refractivity contribution is -0.123. The van der Waals surface area contributed by atoms with Crippen molar-refractivity contribution in [2.45, 2.75) is 12.8 Å². The van der Waals surface area contributed by atoms with Gasteiger partial charge in [0.15, 0.2) is 12.4 Å². The average Bonchev–Trinajstić information content (AvgIpc) is 3.18.